The number of likely N-dealkylation sites (tertiary alicyclic amines) is 1. The number of imidazole rings is 1. The van der Waals surface area contributed by atoms with E-state index in [0.29, 0.717) is 0 Å². The molecule has 0 amide bonds. The molecule has 0 bridgehead atoms. The Kier molecular flexibility index (Phi) is 4.94. The molecule has 148 valence electrons. The molecular formula is C23H25N5O. The second-order valence-electron chi connectivity index (χ2n) is 8.05. The first-order valence-electron chi connectivity index (χ1n) is 10.5. The lowest BCUT2D eigenvalue weighted by Crippen LogP contribution is -2.29. The number of hydrogen-bond acceptors (Lipinski definition) is 5. The lowest BCUT2D eigenvalue weighted by Gasteiger charge is -2.25. The molecular weight excluding hydrogens is 362 g/mol. The number of hydrogen-bond donors (Lipinski definition) is 1. The van der Waals surface area contributed by atoms with Crippen LogP contribution in [0, 0.1) is 4.91 Å². The third kappa shape index (κ3) is 3.60. The highest BCUT2D eigenvalue weighted by Crippen LogP contribution is 2.38. The fourth-order valence-corrected chi connectivity index (χ4v) is 4.61. The average molecular weight is 387 g/mol. The van der Waals surface area contributed by atoms with Gasteiger partial charge in [0.05, 0.1) is 17.9 Å². The van der Waals surface area contributed by atoms with Crippen LogP contribution >= 0.6 is 0 Å². The minimum atomic E-state index is -0.201. The van der Waals surface area contributed by atoms with Gasteiger partial charge in [-0.15, -0.1) is 0 Å². The molecule has 2 aliphatic rings. The Labute approximate surface area is 170 Å². The number of nitrogens with one attached hydrogen (secondary N) is 1. The number of aromatic nitrogens is 3. The summed E-state index contributed by atoms with van der Waals surface area (Å²) in [6, 6.07) is 10.1. The molecule has 1 unspecified atom stereocenters. The van der Waals surface area contributed by atoms with Gasteiger partial charge in [-0.3, -0.25) is 9.88 Å². The van der Waals surface area contributed by atoms with Crippen LogP contribution in [0.15, 0.2) is 47.9 Å². The molecule has 1 saturated heterocycles. The highest BCUT2D eigenvalue weighted by molar-refractivity contribution is 5.79. The summed E-state index contributed by atoms with van der Waals surface area (Å²) >= 11 is 0. The van der Waals surface area contributed by atoms with Crippen LogP contribution < -0.4 is 0 Å². The molecule has 6 nitrogen and oxygen atoms in total. The number of aryl methyl sites for hydroxylation is 1. The number of fused-ring (bicyclic) bond motifs is 1. The number of benzene rings is 1. The standard InChI is InChI=1S/C23H25N5O/c29-27-20-7-5-17-14-18(4-6-19(17)20)23-22(16-8-10-24-11-9-16)25-21(26-23)15-28-12-2-1-3-13-28/h4,6,8-11,14,20H,1-3,5,7,12-13,15H2,(H,25,26). The van der Waals surface area contributed by atoms with E-state index in [0.717, 1.165) is 66.4 Å². The molecule has 5 rings (SSSR count). The fraction of sp³-hybridized carbons (Fsp3) is 0.391. The van der Waals surface area contributed by atoms with Gasteiger partial charge in [0.2, 0.25) is 0 Å². The molecule has 1 aliphatic carbocycles. The Morgan fingerprint density at radius 2 is 1.90 bits per heavy atom. The van der Waals surface area contributed by atoms with Crippen LogP contribution in [0.1, 0.15) is 48.7 Å². The first kappa shape index (κ1) is 18.2. The summed E-state index contributed by atoms with van der Waals surface area (Å²) < 4.78 is 0. The van der Waals surface area contributed by atoms with Gasteiger partial charge in [-0.2, -0.15) is 4.91 Å². The molecule has 1 aliphatic heterocycles. The number of nitrogens with zero attached hydrogens (tertiary/aromatic N) is 4. The van der Waals surface area contributed by atoms with E-state index in [1.807, 2.05) is 24.5 Å². The van der Waals surface area contributed by atoms with Crippen LogP contribution in [-0.2, 0) is 13.0 Å². The van der Waals surface area contributed by atoms with Gasteiger partial charge in [-0.1, -0.05) is 23.7 Å². The van der Waals surface area contributed by atoms with Gasteiger partial charge in [0, 0.05) is 23.5 Å². The first-order valence-corrected chi connectivity index (χ1v) is 10.5. The van der Waals surface area contributed by atoms with Crippen LogP contribution in [-0.4, -0.2) is 32.9 Å². The topological polar surface area (TPSA) is 74.2 Å². The van der Waals surface area contributed by atoms with Crippen molar-refractivity contribution in [2.45, 2.75) is 44.7 Å². The van der Waals surface area contributed by atoms with Crippen molar-refractivity contribution in [3.05, 3.63) is 64.6 Å². The minimum absolute atomic E-state index is 0.201. The monoisotopic (exact) mass is 387 g/mol. The molecule has 0 radical (unpaired) electrons. The predicted molar refractivity (Wildman–Crippen MR) is 113 cm³/mol. The maximum atomic E-state index is 11.1. The molecule has 1 N–H and O–H groups in total. The van der Waals surface area contributed by atoms with Crippen molar-refractivity contribution in [2.24, 2.45) is 5.18 Å². The Balaban J connectivity index is 1.53. The maximum absolute atomic E-state index is 11.1. The van der Waals surface area contributed by atoms with Gasteiger partial charge in [0.15, 0.2) is 0 Å². The van der Waals surface area contributed by atoms with E-state index in [4.69, 9.17) is 4.98 Å². The molecule has 29 heavy (non-hydrogen) atoms. The summed E-state index contributed by atoms with van der Waals surface area (Å²) in [5, 5.41) is 3.28. The Morgan fingerprint density at radius 1 is 1.07 bits per heavy atom. The van der Waals surface area contributed by atoms with Gasteiger partial charge < -0.3 is 4.98 Å². The first-order chi connectivity index (χ1) is 14.3. The van der Waals surface area contributed by atoms with Crippen molar-refractivity contribution in [1.82, 2.24) is 19.9 Å². The summed E-state index contributed by atoms with van der Waals surface area (Å²) in [6.07, 6.45) is 9.19. The highest BCUT2D eigenvalue weighted by atomic mass is 16.3. The zero-order chi connectivity index (χ0) is 19.6. The molecule has 2 aromatic heterocycles. The van der Waals surface area contributed by atoms with Crippen LogP contribution in [0.2, 0.25) is 0 Å². The van der Waals surface area contributed by atoms with Crippen molar-refractivity contribution in [3.63, 3.8) is 0 Å². The van der Waals surface area contributed by atoms with Crippen LogP contribution in [0.5, 0.6) is 0 Å². The van der Waals surface area contributed by atoms with Crippen molar-refractivity contribution >= 4 is 0 Å². The molecule has 3 aromatic rings. The third-order valence-corrected chi connectivity index (χ3v) is 6.13. The molecule has 1 atom stereocenters. The number of pyridine rings is 1. The van der Waals surface area contributed by atoms with Gasteiger partial charge >= 0.3 is 0 Å². The van der Waals surface area contributed by atoms with Crippen LogP contribution in [0.3, 0.4) is 0 Å². The van der Waals surface area contributed by atoms with Gasteiger partial charge in [-0.05, 0) is 68.1 Å². The van der Waals surface area contributed by atoms with Crippen LogP contribution in [0.4, 0.5) is 0 Å². The van der Waals surface area contributed by atoms with Crippen molar-refractivity contribution in [2.75, 3.05) is 13.1 Å². The van der Waals surface area contributed by atoms with E-state index in [1.54, 1.807) is 0 Å². The summed E-state index contributed by atoms with van der Waals surface area (Å²) in [4.78, 5) is 26.3. The van der Waals surface area contributed by atoms with Crippen LogP contribution in [0.25, 0.3) is 22.5 Å². The van der Waals surface area contributed by atoms with Crippen molar-refractivity contribution in [3.8, 4) is 22.5 Å². The molecule has 1 fully saturated rings. The minimum Gasteiger partial charge on any atom is -0.340 e. The van der Waals surface area contributed by atoms with E-state index in [2.05, 4.69) is 38.2 Å². The number of nitroso groups, excluding NO2 is 1. The van der Waals surface area contributed by atoms with E-state index < -0.39 is 0 Å². The summed E-state index contributed by atoms with van der Waals surface area (Å²) in [5.74, 6) is 1.00. The summed E-state index contributed by atoms with van der Waals surface area (Å²) in [7, 11) is 0. The predicted octanol–water partition coefficient (Wildman–Crippen LogP) is 4.88. The number of aromatic amines is 1. The fourth-order valence-electron chi connectivity index (χ4n) is 4.61. The molecule has 3 heterocycles. The zero-order valence-corrected chi connectivity index (χ0v) is 16.5. The summed E-state index contributed by atoms with van der Waals surface area (Å²) in [5.41, 5.74) is 6.45. The molecule has 0 spiro atoms. The molecule has 6 heteroatoms. The second-order valence-corrected chi connectivity index (χ2v) is 8.05. The van der Waals surface area contributed by atoms with E-state index in [1.165, 1.54) is 24.8 Å². The molecule has 1 aromatic carbocycles. The Hall–Kier alpha value is -2.86. The van der Waals surface area contributed by atoms with E-state index >= 15 is 0 Å². The second kappa shape index (κ2) is 7.87. The maximum Gasteiger partial charge on any atom is 0.121 e. The third-order valence-electron chi connectivity index (χ3n) is 6.13. The molecule has 0 saturated carbocycles. The zero-order valence-electron chi connectivity index (χ0n) is 16.5. The summed E-state index contributed by atoms with van der Waals surface area (Å²) in [6.45, 7) is 3.12. The Bertz CT molecular complexity index is 1010. The van der Waals surface area contributed by atoms with E-state index in [-0.39, 0.29) is 6.04 Å². The SMILES string of the molecule is O=NC1CCc2cc(-c3nc(CN4CCCCC4)[nH]c3-c3ccncc3)ccc21. The Morgan fingerprint density at radius 3 is 2.69 bits per heavy atom. The quantitative estimate of drug-likeness (QED) is 0.633. The smallest absolute Gasteiger partial charge is 0.121 e. The van der Waals surface area contributed by atoms with Gasteiger partial charge in [0.25, 0.3) is 0 Å². The number of rotatable bonds is 5. The number of piperidine rings is 1. The van der Waals surface area contributed by atoms with E-state index in [9.17, 15) is 4.91 Å². The largest absolute Gasteiger partial charge is 0.340 e. The average Bonchev–Trinajstić information content (AvgIpc) is 3.38. The van der Waals surface area contributed by atoms with Gasteiger partial charge in [-0.25, -0.2) is 4.98 Å². The number of H-pyrrole nitrogens is 1. The van der Waals surface area contributed by atoms with Crippen molar-refractivity contribution < 1.29 is 0 Å². The lowest BCUT2D eigenvalue weighted by atomic mass is 10.0. The van der Waals surface area contributed by atoms with Gasteiger partial charge in [0.1, 0.15) is 11.9 Å². The van der Waals surface area contributed by atoms with Crippen molar-refractivity contribution in [1.29, 1.82) is 0 Å². The normalized spacial score (nSPS) is 19.2. The lowest BCUT2D eigenvalue weighted by molar-refractivity contribution is 0.216. The highest BCUT2D eigenvalue weighted by Gasteiger charge is 2.25.